The van der Waals surface area contributed by atoms with Gasteiger partial charge in [0.15, 0.2) is 0 Å². The molecule has 0 aromatic heterocycles. The number of hydrogen-bond donors (Lipinski definition) is 2. The van der Waals surface area contributed by atoms with Gasteiger partial charge >= 0.3 is 0 Å². The van der Waals surface area contributed by atoms with Crippen molar-refractivity contribution in [3.05, 3.63) is 12.2 Å². The molecule has 2 nitrogen and oxygen atoms in total. The zero-order valence-corrected chi connectivity index (χ0v) is 6.89. The van der Waals surface area contributed by atoms with Gasteiger partial charge in [-0.1, -0.05) is 5.57 Å². The van der Waals surface area contributed by atoms with Crippen LogP contribution < -0.4 is 0 Å². The van der Waals surface area contributed by atoms with Crippen molar-refractivity contribution in [3.8, 4) is 0 Å². The van der Waals surface area contributed by atoms with Crippen LogP contribution >= 0.6 is 0 Å². The van der Waals surface area contributed by atoms with Gasteiger partial charge in [-0.05, 0) is 27.2 Å². The Bertz CT molecular complexity index is 125. The van der Waals surface area contributed by atoms with Gasteiger partial charge in [0.05, 0.1) is 11.7 Å². The summed E-state index contributed by atoms with van der Waals surface area (Å²) in [6.07, 6.45) is -0.255. The molecule has 0 amide bonds. The first-order valence-electron chi connectivity index (χ1n) is 3.41. The Balaban J connectivity index is 3.99. The van der Waals surface area contributed by atoms with Gasteiger partial charge in [-0.2, -0.15) is 0 Å². The van der Waals surface area contributed by atoms with Crippen LogP contribution in [0.2, 0.25) is 0 Å². The molecular formula is C8H16O2. The fraction of sp³-hybridized carbons (Fsp3) is 0.750. The highest BCUT2D eigenvalue weighted by Crippen LogP contribution is 2.18. The van der Waals surface area contributed by atoms with Crippen LogP contribution in [-0.2, 0) is 0 Å². The molecule has 0 spiro atoms. The van der Waals surface area contributed by atoms with Gasteiger partial charge in [-0.25, -0.2) is 0 Å². The lowest BCUT2D eigenvalue weighted by Crippen LogP contribution is -2.37. The van der Waals surface area contributed by atoms with Crippen molar-refractivity contribution < 1.29 is 10.2 Å². The molecule has 0 aliphatic heterocycles. The maximum absolute atomic E-state index is 9.45. The van der Waals surface area contributed by atoms with E-state index in [1.807, 2.05) is 6.92 Å². The molecule has 10 heavy (non-hydrogen) atoms. The number of aliphatic hydroxyl groups is 2. The molecule has 2 atom stereocenters. The zero-order valence-electron chi connectivity index (χ0n) is 6.89. The van der Waals surface area contributed by atoms with E-state index in [1.54, 1.807) is 13.8 Å². The molecule has 0 fully saturated rings. The summed E-state index contributed by atoms with van der Waals surface area (Å²) in [4.78, 5) is 0. The second-order valence-electron chi connectivity index (χ2n) is 3.17. The highest BCUT2D eigenvalue weighted by molar-refractivity contribution is 4.97. The Morgan fingerprint density at radius 1 is 1.70 bits per heavy atom. The summed E-state index contributed by atoms with van der Waals surface area (Å²) in [6.45, 7) is 8.66. The third-order valence-corrected chi connectivity index (χ3v) is 1.56. The first kappa shape index (κ1) is 9.66. The van der Waals surface area contributed by atoms with E-state index >= 15 is 0 Å². The fourth-order valence-electron chi connectivity index (χ4n) is 0.759. The van der Waals surface area contributed by atoms with Gasteiger partial charge in [0.2, 0.25) is 0 Å². The minimum Gasteiger partial charge on any atom is -0.390 e. The molecule has 0 rings (SSSR count). The van der Waals surface area contributed by atoms with Gasteiger partial charge in [0.1, 0.15) is 0 Å². The van der Waals surface area contributed by atoms with Crippen molar-refractivity contribution in [3.63, 3.8) is 0 Å². The Morgan fingerprint density at radius 3 is 2.20 bits per heavy atom. The normalized spacial score (nSPS) is 19.7. The predicted octanol–water partition coefficient (Wildman–Crippen LogP) is 1.08. The van der Waals surface area contributed by atoms with Crippen LogP contribution in [0.15, 0.2) is 12.2 Å². The fourth-order valence-corrected chi connectivity index (χ4v) is 0.759. The molecule has 60 valence electrons. The van der Waals surface area contributed by atoms with Crippen molar-refractivity contribution in [2.45, 2.75) is 38.9 Å². The second kappa shape index (κ2) is 3.17. The van der Waals surface area contributed by atoms with Crippen molar-refractivity contribution >= 4 is 0 Å². The van der Waals surface area contributed by atoms with Crippen LogP contribution in [-0.4, -0.2) is 21.9 Å². The third kappa shape index (κ3) is 2.99. The molecule has 2 N–H and O–H groups in total. The van der Waals surface area contributed by atoms with Crippen LogP contribution in [0.25, 0.3) is 0 Å². The molecular weight excluding hydrogens is 128 g/mol. The molecule has 0 aromatic carbocycles. The monoisotopic (exact) mass is 144 g/mol. The summed E-state index contributed by atoms with van der Waals surface area (Å²) in [5.74, 6) is 0. The van der Waals surface area contributed by atoms with E-state index < -0.39 is 11.7 Å². The van der Waals surface area contributed by atoms with E-state index in [9.17, 15) is 5.11 Å². The molecule has 2 unspecified atom stereocenters. The molecule has 0 radical (unpaired) electrons. The maximum atomic E-state index is 9.45. The van der Waals surface area contributed by atoms with Gasteiger partial charge < -0.3 is 10.2 Å². The lowest BCUT2D eigenvalue weighted by molar-refractivity contribution is -0.0511. The smallest absolute Gasteiger partial charge is 0.0911 e. The summed E-state index contributed by atoms with van der Waals surface area (Å²) in [5, 5.41) is 18.5. The van der Waals surface area contributed by atoms with Crippen LogP contribution in [0.5, 0.6) is 0 Å². The van der Waals surface area contributed by atoms with Gasteiger partial charge in [0, 0.05) is 0 Å². The number of aliphatic hydroxyl groups excluding tert-OH is 1. The van der Waals surface area contributed by atoms with Crippen molar-refractivity contribution in [1.29, 1.82) is 0 Å². The molecule has 0 aliphatic rings. The van der Waals surface area contributed by atoms with Crippen LogP contribution in [0, 0.1) is 0 Å². The molecule has 0 aliphatic carbocycles. The van der Waals surface area contributed by atoms with Crippen molar-refractivity contribution in [1.82, 2.24) is 0 Å². The van der Waals surface area contributed by atoms with E-state index in [-0.39, 0.29) is 0 Å². The SMILES string of the molecule is C=C(C)CC(C)(O)C(C)O. The van der Waals surface area contributed by atoms with E-state index in [2.05, 4.69) is 6.58 Å². The van der Waals surface area contributed by atoms with Crippen molar-refractivity contribution in [2.75, 3.05) is 0 Å². The van der Waals surface area contributed by atoms with Crippen LogP contribution in [0.4, 0.5) is 0 Å². The molecule has 0 saturated carbocycles. The lowest BCUT2D eigenvalue weighted by atomic mass is 9.93. The number of hydrogen-bond acceptors (Lipinski definition) is 2. The zero-order chi connectivity index (χ0) is 8.36. The van der Waals surface area contributed by atoms with E-state index in [1.165, 1.54) is 0 Å². The van der Waals surface area contributed by atoms with Gasteiger partial charge in [0.25, 0.3) is 0 Å². The number of rotatable bonds is 3. The van der Waals surface area contributed by atoms with E-state index in [0.29, 0.717) is 6.42 Å². The Labute approximate surface area is 62.2 Å². The molecule has 0 bridgehead atoms. The highest BCUT2D eigenvalue weighted by atomic mass is 16.3. The molecule has 0 aromatic rings. The first-order chi connectivity index (χ1) is 4.36. The quantitative estimate of drug-likeness (QED) is 0.582. The first-order valence-corrected chi connectivity index (χ1v) is 3.41. The maximum Gasteiger partial charge on any atom is 0.0911 e. The molecule has 2 heteroatoms. The molecule has 0 heterocycles. The summed E-state index contributed by atoms with van der Waals surface area (Å²) in [5.41, 5.74) is -0.142. The highest BCUT2D eigenvalue weighted by Gasteiger charge is 2.25. The van der Waals surface area contributed by atoms with E-state index in [4.69, 9.17) is 5.11 Å². The summed E-state index contributed by atoms with van der Waals surface area (Å²) in [6, 6.07) is 0. The summed E-state index contributed by atoms with van der Waals surface area (Å²) < 4.78 is 0. The topological polar surface area (TPSA) is 40.5 Å². The predicted molar refractivity (Wildman–Crippen MR) is 41.7 cm³/mol. The van der Waals surface area contributed by atoms with E-state index in [0.717, 1.165) is 5.57 Å². The largest absolute Gasteiger partial charge is 0.390 e. The van der Waals surface area contributed by atoms with Gasteiger partial charge in [-0.15, -0.1) is 6.58 Å². The lowest BCUT2D eigenvalue weighted by Gasteiger charge is -2.26. The van der Waals surface area contributed by atoms with Crippen molar-refractivity contribution in [2.24, 2.45) is 0 Å². The second-order valence-corrected chi connectivity index (χ2v) is 3.17. The summed E-state index contributed by atoms with van der Waals surface area (Å²) in [7, 11) is 0. The molecule has 0 saturated heterocycles. The standard InChI is InChI=1S/C8H16O2/c1-6(2)5-8(4,10)7(3)9/h7,9-10H,1,5H2,2-4H3. The third-order valence-electron chi connectivity index (χ3n) is 1.56. The van der Waals surface area contributed by atoms with Gasteiger partial charge in [-0.3, -0.25) is 0 Å². The Kier molecular flexibility index (Phi) is 3.06. The minimum atomic E-state index is -1.02. The Morgan fingerprint density at radius 2 is 2.10 bits per heavy atom. The summed E-state index contributed by atoms with van der Waals surface area (Å²) >= 11 is 0. The average molecular weight is 144 g/mol. The Hall–Kier alpha value is -0.340. The average Bonchev–Trinajstić information content (AvgIpc) is 1.60. The van der Waals surface area contributed by atoms with Crippen LogP contribution in [0.1, 0.15) is 27.2 Å². The van der Waals surface area contributed by atoms with Crippen LogP contribution in [0.3, 0.4) is 0 Å². The minimum absolute atomic E-state index is 0.449.